The van der Waals surface area contributed by atoms with E-state index in [4.69, 9.17) is 11.8 Å². The number of fused-ring (bicyclic) bond motifs is 1. The molecule has 0 saturated carbocycles. The molecular weight excluding hydrogens is 206 g/mol. The van der Waals surface area contributed by atoms with Gasteiger partial charge in [-0.2, -0.15) is 0 Å². The molecule has 0 bridgehead atoms. The molecule has 3 rings (SSSR count). The molecule has 0 amide bonds. The summed E-state index contributed by atoms with van der Waals surface area (Å²) < 4.78 is 1.90. The molecule has 1 aliphatic carbocycles. The Morgan fingerprint density at radius 1 is 1.00 bits per heavy atom. The minimum absolute atomic E-state index is 0.287. The van der Waals surface area contributed by atoms with Crippen LogP contribution in [-0.2, 0) is 0 Å². The topological polar surface area (TPSA) is 3.24 Å². The van der Waals surface area contributed by atoms with Crippen LogP contribution < -0.4 is 10.4 Å². The molecule has 2 heteroatoms. The SMILES string of the molecule is ClN1CCC2(C=c3ccccc3=C2)CC1. The molecule has 0 N–H and O–H groups in total. The first-order valence-electron chi connectivity index (χ1n) is 5.49. The summed E-state index contributed by atoms with van der Waals surface area (Å²) in [6.07, 6.45) is 7.13. The molecule has 1 nitrogen and oxygen atoms in total. The van der Waals surface area contributed by atoms with Crippen molar-refractivity contribution >= 4 is 23.9 Å². The number of halogens is 1. The van der Waals surface area contributed by atoms with Crippen molar-refractivity contribution in [2.24, 2.45) is 5.41 Å². The fourth-order valence-corrected chi connectivity index (χ4v) is 2.79. The van der Waals surface area contributed by atoms with Gasteiger partial charge in [-0.1, -0.05) is 36.4 Å². The van der Waals surface area contributed by atoms with Crippen molar-refractivity contribution in [3.63, 3.8) is 0 Å². The van der Waals surface area contributed by atoms with E-state index >= 15 is 0 Å². The van der Waals surface area contributed by atoms with Crippen LogP contribution in [0.2, 0.25) is 0 Å². The smallest absolute Gasteiger partial charge is 0.0150 e. The average Bonchev–Trinajstić information content (AvgIpc) is 2.61. The fraction of sp³-hybridized carbons (Fsp3) is 0.385. The van der Waals surface area contributed by atoms with Crippen LogP contribution in [0.15, 0.2) is 24.3 Å². The monoisotopic (exact) mass is 219 g/mol. The third-order valence-electron chi connectivity index (χ3n) is 3.52. The summed E-state index contributed by atoms with van der Waals surface area (Å²) in [5.74, 6) is 0. The van der Waals surface area contributed by atoms with Crippen LogP contribution in [-0.4, -0.2) is 17.5 Å². The van der Waals surface area contributed by atoms with Crippen LogP contribution in [0.5, 0.6) is 0 Å². The number of rotatable bonds is 0. The molecule has 0 atom stereocenters. The molecule has 1 fully saturated rings. The maximum absolute atomic E-state index is 6.00. The Morgan fingerprint density at radius 3 is 2.07 bits per heavy atom. The number of hydrogen-bond acceptors (Lipinski definition) is 1. The van der Waals surface area contributed by atoms with Gasteiger partial charge in [-0.3, -0.25) is 0 Å². The van der Waals surface area contributed by atoms with Crippen LogP contribution in [0.25, 0.3) is 12.2 Å². The molecule has 1 aromatic carbocycles. The Balaban J connectivity index is 2.02. The zero-order valence-corrected chi connectivity index (χ0v) is 9.37. The molecule has 15 heavy (non-hydrogen) atoms. The molecule has 1 aromatic rings. The van der Waals surface area contributed by atoms with Crippen molar-refractivity contribution in [3.05, 3.63) is 34.7 Å². The van der Waals surface area contributed by atoms with Gasteiger partial charge in [0.2, 0.25) is 0 Å². The highest BCUT2D eigenvalue weighted by molar-refractivity contribution is 6.13. The normalized spacial score (nSPS) is 23.3. The number of nitrogens with zero attached hydrogens (tertiary/aromatic N) is 1. The van der Waals surface area contributed by atoms with Gasteiger partial charge in [0.25, 0.3) is 0 Å². The van der Waals surface area contributed by atoms with Crippen LogP contribution in [0, 0.1) is 5.41 Å². The van der Waals surface area contributed by atoms with Crippen molar-refractivity contribution in [2.45, 2.75) is 12.8 Å². The van der Waals surface area contributed by atoms with Crippen LogP contribution in [0.1, 0.15) is 12.8 Å². The molecule has 2 aliphatic rings. The second kappa shape index (κ2) is 3.36. The second-order valence-electron chi connectivity index (χ2n) is 4.56. The van der Waals surface area contributed by atoms with E-state index in [9.17, 15) is 0 Å². The highest BCUT2D eigenvalue weighted by Gasteiger charge is 2.31. The lowest BCUT2D eigenvalue weighted by Gasteiger charge is -2.33. The summed E-state index contributed by atoms with van der Waals surface area (Å²) in [4.78, 5) is 0. The van der Waals surface area contributed by atoms with Crippen molar-refractivity contribution in [1.82, 2.24) is 4.42 Å². The van der Waals surface area contributed by atoms with Gasteiger partial charge in [0, 0.05) is 18.5 Å². The summed E-state index contributed by atoms with van der Waals surface area (Å²) in [7, 11) is 0. The van der Waals surface area contributed by atoms with Gasteiger partial charge in [-0.15, -0.1) is 0 Å². The quantitative estimate of drug-likeness (QED) is 0.598. The molecule has 0 aromatic heterocycles. The van der Waals surface area contributed by atoms with Crippen molar-refractivity contribution in [2.75, 3.05) is 13.1 Å². The zero-order valence-electron chi connectivity index (χ0n) is 8.62. The van der Waals surface area contributed by atoms with Gasteiger partial charge in [0.15, 0.2) is 0 Å². The van der Waals surface area contributed by atoms with Gasteiger partial charge >= 0.3 is 0 Å². The molecule has 1 spiro atoms. The Morgan fingerprint density at radius 2 is 1.53 bits per heavy atom. The van der Waals surface area contributed by atoms with Gasteiger partial charge in [-0.05, 0) is 35.1 Å². The van der Waals surface area contributed by atoms with E-state index in [1.165, 1.54) is 10.4 Å². The third kappa shape index (κ3) is 1.60. The van der Waals surface area contributed by atoms with E-state index in [1.807, 2.05) is 4.42 Å². The molecule has 0 radical (unpaired) electrons. The zero-order chi connectivity index (χ0) is 10.3. The minimum Gasteiger partial charge on any atom is -0.220 e. The fourth-order valence-electron chi connectivity index (χ4n) is 2.62. The highest BCUT2D eigenvalue weighted by Crippen LogP contribution is 2.36. The average molecular weight is 220 g/mol. The van der Waals surface area contributed by atoms with Crippen LogP contribution in [0.4, 0.5) is 0 Å². The molecule has 1 saturated heterocycles. The van der Waals surface area contributed by atoms with Gasteiger partial charge in [-0.25, -0.2) is 4.42 Å². The van der Waals surface area contributed by atoms with Crippen molar-refractivity contribution < 1.29 is 0 Å². The molecular formula is C13H14ClN. The largest absolute Gasteiger partial charge is 0.220 e. The van der Waals surface area contributed by atoms with Crippen LogP contribution >= 0.6 is 11.8 Å². The highest BCUT2D eigenvalue weighted by atomic mass is 35.5. The van der Waals surface area contributed by atoms with E-state index in [1.54, 1.807) is 0 Å². The van der Waals surface area contributed by atoms with Crippen molar-refractivity contribution in [1.29, 1.82) is 0 Å². The van der Waals surface area contributed by atoms with E-state index in [0.717, 1.165) is 25.9 Å². The number of piperidine rings is 1. The van der Waals surface area contributed by atoms with Gasteiger partial charge < -0.3 is 0 Å². The summed E-state index contributed by atoms with van der Waals surface area (Å²) in [6, 6.07) is 8.62. The summed E-state index contributed by atoms with van der Waals surface area (Å²) in [5.41, 5.74) is 0.287. The molecule has 1 heterocycles. The molecule has 78 valence electrons. The second-order valence-corrected chi connectivity index (χ2v) is 5.04. The maximum Gasteiger partial charge on any atom is 0.0150 e. The van der Waals surface area contributed by atoms with E-state index in [0.29, 0.717) is 0 Å². The van der Waals surface area contributed by atoms with E-state index in [-0.39, 0.29) is 5.41 Å². The minimum atomic E-state index is 0.287. The molecule has 1 aliphatic heterocycles. The lowest BCUT2D eigenvalue weighted by Crippen LogP contribution is -2.32. The Bertz CT molecular complexity index is 447. The third-order valence-corrected chi connectivity index (χ3v) is 3.86. The standard InChI is InChI=1S/C13H14ClN/c14-15-7-5-13(6-8-15)9-11-3-1-2-4-12(11)10-13/h1-4,9-10H,5-8H2. The molecule has 0 unspecified atom stereocenters. The summed E-state index contributed by atoms with van der Waals surface area (Å²) in [6.45, 7) is 1.98. The van der Waals surface area contributed by atoms with E-state index < -0.39 is 0 Å². The van der Waals surface area contributed by atoms with Gasteiger partial charge in [0.05, 0.1) is 0 Å². The number of benzene rings is 1. The first-order valence-corrected chi connectivity index (χ1v) is 5.83. The van der Waals surface area contributed by atoms with Gasteiger partial charge in [0.1, 0.15) is 0 Å². The Hall–Kier alpha value is -0.790. The summed E-state index contributed by atoms with van der Waals surface area (Å²) >= 11 is 6.00. The predicted octanol–water partition coefficient (Wildman–Crippen LogP) is 1.50. The lowest BCUT2D eigenvalue weighted by atomic mass is 9.80. The Kier molecular flexibility index (Phi) is 2.11. The van der Waals surface area contributed by atoms with Crippen LogP contribution in [0.3, 0.4) is 0 Å². The predicted molar refractivity (Wildman–Crippen MR) is 63.7 cm³/mol. The van der Waals surface area contributed by atoms with E-state index in [2.05, 4.69) is 36.4 Å². The first kappa shape index (κ1) is 9.44. The Labute approximate surface area is 94.8 Å². The first-order chi connectivity index (χ1) is 7.27. The lowest BCUT2D eigenvalue weighted by molar-refractivity contribution is 0.287. The maximum atomic E-state index is 6.00. The summed E-state index contributed by atoms with van der Waals surface area (Å²) in [5, 5.41) is 2.78. The van der Waals surface area contributed by atoms with Crippen molar-refractivity contribution in [3.8, 4) is 0 Å². The number of hydrogen-bond donors (Lipinski definition) is 0.